The minimum absolute atomic E-state index is 0.151. The molecule has 0 bridgehead atoms. The molecular weight excluding hydrogens is 281 g/mol. The van der Waals surface area contributed by atoms with Crippen LogP contribution in [0, 0.1) is 11.3 Å². The van der Waals surface area contributed by atoms with Crippen LogP contribution < -0.4 is 10.1 Å². The van der Waals surface area contributed by atoms with Gasteiger partial charge in [0.2, 0.25) is 0 Å². The van der Waals surface area contributed by atoms with Crippen LogP contribution in [0.5, 0.6) is 5.75 Å². The fourth-order valence-electron chi connectivity index (χ4n) is 1.83. The van der Waals surface area contributed by atoms with E-state index in [0.717, 1.165) is 6.07 Å². The van der Waals surface area contributed by atoms with E-state index in [2.05, 4.69) is 11.4 Å². The number of nitrogens with zero attached hydrogens (tertiary/aromatic N) is 1. The molecule has 0 fully saturated rings. The summed E-state index contributed by atoms with van der Waals surface area (Å²) in [5.41, 5.74) is -1.37. The summed E-state index contributed by atoms with van der Waals surface area (Å²) in [6, 6.07) is 7.33. The van der Waals surface area contributed by atoms with E-state index in [0.29, 0.717) is 19.3 Å². The molecule has 0 radical (unpaired) electrons. The summed E-state index contributed by atoms with van der Waals surface area (Å²) in [7, 11) is 1.71. The van der Waals surface area contributed by atoms with Gasteiger partial charge in [0.05, 0.1) is 18.2 Å². The highest BCUT2D eigenvalue weighted by molar-refractivity contribution is 5.35. The van der Waals surface area contributed by atoms with Crippen molar-refractivity contribution in [2.75, 3.05) is 13.7 Å². The maximum absolute atomic E-state index is 12.7. The smallest absolute Gasteiger partial charge is 0.419 e. The SMILES string of the molecule is CNC(C)(C#N)CCCCOc1ccccc1C(F)(F)F. The molecule has 1 aromatic rings. The molecule has 0 aliphatic rings. The second kappa shape index (κ2) is 7.32. The lowest BCUT2D eigenvalue weighted by Crippen LogP contribution is -2.37. The van der Waals surface area contributed by atoms with Gasteiger partial charge in [-0.25, -0.2) is 0 Å². The lowest BCUT2D eigenvalue weighted by Gasteiger charge is -2.20. The molecule has 0 aliphatic carbocycles. The quantitative estimate of drug-likeness (QED) is 0.780. The van der Waals surface area contributed by atoms with Gasteiger partial charge in [-0.05, 0) is 45.4 Å². The predicted molar refractivity (Wildman–Crippen MR) is 73.9 cm³/mol. The van der Waals surface area contributed by atoms with E-state index in [4.69, 9.17) is 10.00 Å². The first kappa shape index (κ1) is 17.3. The van der Waals surface area contributed by atoms with Gasteiger partial charge in [0.15, 0.2) is 0 Å². The van der Waals surface area contributed by atoms with Gasteiger partial charge in [0.1, 0.15) is 11.3 Å². The van der Waals surface area contributed by atoms with Crippen molar-refractivity contribution < 1.29 is 17.9 Å². The van der Waals surface area contributed by atoms with Gasteiger partial charge in [-0.3, -0.25) is 0 Å². The molecule has 3 nitrogen and oxygen atoms in total. The van der Waals surface area contributed by atoms with E-state index < -0.39 is 17.3 Å². The molecule has 1 aromatic carbocycles. The van der Waals surface area contributed by atoms with Crippen LogP contribution in [0.2, 0.25) is 0 Å². The zero-order valence-electron chi connectivity index (χ0n) is 12.1. The number of nitriles is 1. The molecule has 0 aromatic heterocycles. The summed E-state index contributed by atoms with van der Waals surface area (Å²) in [5, 5.41) is 11.9. The van der Waals surface area contributed by atoms with Crippen molar-refractivity contribution in [2.24, 2.45) is 0 Å². The van der Waals surface area contributed by atoms with Gasteiger partial charge in [0.25, 0.3) is 0 Å². The first-order valence-corrected chi connectivity index (χ1v) is 6.71. The van der Waals surface area contributed by atoms with Crippen LogP contribution in [-0.4, -0.2) is 19.2 Å². The number of para-hydroxylation sites is 1. The molecule has 1 rings (SSSR count). The Morgan fingerprint density at radius 3 is 2.48 bits per heavy atom. The monoisotopic (exact) mass is 300 g/mol. The Morgan fingerprint density at radius 2 is 1.90 bits per heavy atom. The molecule has 6 heteroatoms. The Labute approximate surface area is 122 Å². The summed E-state index contributed by atoms with van der Waals surface area (Å²) in [6.45, 7) is 1.98. The Balaban J connectivity index is 2.46. The van der Waals surface area contributed by atoms with Crippen LogP contribution in [0.1, 0.15) is 31.7 Å². The van der Waals surface area contributed by atoms with Gasteiger partial charge in [-0.15, -0.1) is 0 Å². The molecule has 0 amide bonds. The van der Waals surface area contributed by atoms with Gasteiger partial charge < -0.3 is 10.1 Å². The van der Waals surface area contributed by atoms with Gasteiger partial charge in [-0.1, -0.05) is 12.1 Å². The highest BCUT2D eigenvalue weighted by Gasteiger charge is 2.33. The van der Waals surface area contributed by atoms with E-state index in [1.165, 1.54) is 18.2 Å². The number of nitrogens with one attached hydrogen (secondary N) is 1. The number of hydrogen-bond acceptors (Lipinski definition) is 3. The number of benzene rings is 1. The van der Waals surface area contributed by atoms with Crippen LogP contribution in [0.3, 0.4) is 0 Å². The minimum atomic E-state index is -4.41. The van der Waals surface area contributed by atoms with Crippen molar-refractivity contribution in [2.45, 2.75) is 37.9 Å². The molecule has 1 unspecified atom stereocenters. The Bertz CT molecular complexity index is 496. The molecule has 0 saturated heterocycles. The third-order valence-corrected chi connectivity index (χ3v) is 3.32. The molecular formula is C15H19F3N2O. The number of ether oxygens (including phenoxy) is 1. The van der Waals surface area contributed by atoms with Crippen LogP contribution in [0.4, 0.5) is 13.2 Å². The zero-order chi connectivity index (χ0) is 15.9. The van der Waals surface area contributed by atoms with Crippen molar-refractivity contribution in [1.29, 1.82) is 5.26 Å². The third kappa shape index (κ3) is 5.27. The maximum atomic E-state index is 12.7. The summed E-state index contributed by atoms with van der Waals surface area (Å²) in [5.74, 6) is -0.151. The number of rotatable bonds is 7. The van der Waals surface area contributed by atoms with Crippen molar-refractivity contribution in [3.8, 4) is 11.8 Å². The molecule has 0 heterocycles. The Kier molecular flexibility index (Phi) is 6.03. The fraction of sp³-hybridized carbons (Fsp3) is 0.533. The normalized spacial score (nSPS) is 14.3. The van der Waals surface area contributed by atoms with Crippen LogP contribution in [-0.2, 0) is 6.18 Å². The summed E-state index contributed by atoms with van der Waals surface area (Å²) in [4.78, 5) is 0. The standard InChI is InChI=1S/C15H19F3N2O/c1-14(11-19,20-2)9-5-6-10-21-13-8-4-3-7-12(13)15(16,17)18/h3-4,7-8,20H,5-6,9-10H2,1-2H3. The van der Waals surface area contributed by atoms with Crippen molar-refractivity contribution in [1.82, 2.24) is 5.32 Å². The topological polar surface area (TPSA) is 45.0 Å². The summed E-state index contributed by atoms with van der Waals surface area (Å²) < 4.78 is 43.5. The van der Waals surface area contributed by atoms with Crippen molar-refractivity contribution in [3.05, 3.63) is 29.8 Å². The lowest BCUT2D eigenvalue weighted by atomic mass is 9.97. The Hall–Kier alpha value is -1.74. The van der Waals surface area contributed by atoms with Crippen LogP contribution in [0.15, 0.2) is 24.3 Å². The maximum Gasteiger partial charge on any atom is 0.419 e. The van der Waals surface area contributed by atoms with E-state index in [9.17, 15) is 13.2 Å². The molecule has 0 spiro atoms. The van der Waals surface area contributed by atoms with Gasteiger partial charge >= 0.3 is 6.18 Å². The van der Waals surface area contributed by atoms with E-state index in [1.807, 2.05) is 0 Å². The number of unbranched alkanes of at least 4 members (excludes halogenated alkanes) is 1. The average Bonchev–Trinajstić information content (AvgIpc) is 2.46. The predicted octanol–water partition coefficient (Wildman–Crippen LogP) is 3.76. The second-order valence-electron chi connectivity index (χ2n) is 4.99. The molecule has 116 valence electrons. The van der Waals surface area contributed by atoms with Crippen molar-refractivity contribution in [3.63, 3.8) is 0 Å². The van der Waals surface area contributed by atoms with Crippen molar-refractivity contribution >= 4 is 0 Å². The van der Waals surface area contributed by atoms with Crippen LogP contribution >= 0.6 is 0 Å². The van der Waals surface area contributed by atoms with E-state index >= 15 is 0 Å². The molecule has 0 saturated carbocycles. The first-order valence-electron chi connectivity index (χ1n) is 6.71. The van der Waals surface area contributed by atoms with E-state index in [-0.39, 0.29) is 12.4 Å². The second-order valence-corrected chi connectivity index (χ2v) is 4.99. The van der Waals surface area contributed by atoms with E-state index in [1.54, 1.807) is 14.0 Å². The van der Waals surface area contributed by atoms with Gasteiger partial charge in [0, 0.05) is 0 Å². The number of alkyl halides is 3. The highest BCUT2D eigenvalue weighted by atomic mass is 19.4. The highest BCUT2D eigenvalue weighted by Crippen LogP contribution is 2.35. The van der Waals surface area contributed by atoms with Crippen LogP contribution in [0.25, 0.3) is 0 Å². The minimum Gasteiger partial charge on any atom is -0.493 e. The molecule has 0 aliphatic heterocycles. The summed E-state index contributed by atoms with van der Waals surface area (Å²) in [6.07, 6.45) is -2.52. The summed E-state index contributed by atoms with van der Waals surface area (Å²) >= 11 is 0. The largest absolute Gasteiger partial charge is 0.493 e. The Morgan fingerprint density at radius 1 is 1.24 bits per heavy atom. The lowest BCUT2D eigenvalue weighted by molar-refractivity contribution is -0.138. The fourth-order valence-corrected chi connectivity index (χ4v) is 1.83. The average molecular weight is 300 g/mol. The first-order chi connectivity index (χ1) is 9.82. The number of halogens is 3. The molecule has 21 heavy (non-hydrogen) atoms. The third-order valence-electron chi connectivity index (χ3n) is 3.32. The molecule has 1 N–H and O–H groups in total. The zero-order valence-corrected chi connectivity index (χ0v) is 12.1. The van der Waals surface area contributed by atoms with Gasteiger partial charge in [-0.2, -0.15) is 18.4 Å². The number of hydrogen-bond donors (Lipinski definition) is 1. The molecule has 1 atom stereocenters.